The molecular weight excluding hydrogens is 308 g/mol. The van der Waals surface area contributed by atoms with Crippen LogP contribution in [0.4, 0.5) is 10.6 Å². The summed E-state index contributed by atoms with van der Waals surface area (Å²) in [5.74, 6) is 0.568. The fourth-order valence-electron chi connectivity index (χ4n) is 3.07. The van der Waals surface area contributed by atoms with Crippen molar-refractivity contribution in [3.63, 3.8) is 0 Å². The first-order valence-electron chi connectivity index (χ1n) is 7.72. The molecule has 0 saturated carbocycles. The van der Waals surface area contributed by atoms with Crippen molar-refractivity contribution in [2.24, 2.45) is 10.7 Å². The van der Waals surface area contributed by atoms with E-state index < -0.39 is 5.91 Å². The lowest BCUT2D eigenvalue weighted by molar-refractivity contribution is -0.116. The van der Waals surface area contributed by atoms with Gasteiger partial charge in [-0.05, 0) is 18.6 Å². The number of hydrogen-bond acceptors (Lipinski definition) is 4. The Morgan fingerprint density at radius 3 is 2.79 bits per heavy atom. The van der Waals surface area contributed by atoms with Crippen molar-refractivity contribution in [3.05, 3.63) is 42.1 Å². The number of fused-ring (bicyclic) bond motifs is 3. The quantitative estimate of drug-likeness (QED) is 0.902. The number of nitrogens with zero attached hydrogens (tertiary/aromatic N) is 5. The first-order valence-corrected chi connectivity index (χ1v) is 7.72. The van der Waals surface area contributed by atoms with Gasteiger partial charge in [-0.3, -0.25) is 19.6 Å². The van der Waals surface area contributed by atoms with Crippen LogP contribution < -0.4 is 10.6 Å². The number of aliphatic imine (C=N–C) groups is 1. The van der Waals surface area contributed by atoms with Crippen LogP contribution in [0.5, 0.6) is 0 Å². The molecule has 0 radical (unpaired) electrons. The zero-order valence-corrected chi connectivity index (χ0v) is 12.9. The lowest BCUT2D eigenvalue weighted by atomic mass is 10.1. The van der Waals surface area contributed by atoms with Crippen LogP contribution in [-0.2, 0) is 4.79 Å². The summed E-state index contributed by atoms with van der Waals surface area (Å²) < 4.78 is 1.64. The number of amidine groups is 1. The SMILES string of the molecule is NC(=O)CN1C(=O)N2CCCN=C2c2cnn(-c3ccccc3)c21. The summed E-state index contributed by atoms with van der Waals surface area (Å²) in [5, 5.41) is 4.41. The topological polar surface area (TPSA) is 96.8 Å². The predicted octanol–water partition coefficient (Wildman–Crippen LogP) is 0.750. The molecule has 0 fully saturated rings. The molecule has 1 aromatic carbocycles. The number of carbonyl (C=O) groups excluding carboxylic acids is 2. The summed E-state index contributed by atoms with van der Waals surface area (Å²) in [6.45, 7) is 1.04. The van der Waals surface area contributed by atoms with E-state index in [0.717, 1.165) is 17.7 Å². The smallest absolute Gasteiger partial charge is 0.331 e. The van der Waals surface area contributed by atoms with Crippen LogP contribution in [0.15, 0.2) is 41.5 Å². The van der Waals surface area contributed by atoms with Crippen molar-refractivity contribution in [1.29, 1.82) is 0 Å². The van der Waals surface area contributed by atoms with Crippen LogP contribution in [0.2, 0.25) is 0 Å². The highest BCUT2D eigenvalue weighted by atomic mass is 16.2. The Hall–Kier alpha value is -3.16. The molecule has 0 bridgehead atoms. The third-order valence-corrected chi connectivity index (χ3v) is 4.07. The lowest BCUT2D eigenvalue weighted by Crippen LogP contribution is -2.55. The second kappa shape index (κ2) is 5.48. The molecule has 122 valence electrons. The molecule has 2 aliphatic heterocycles. The van der Waals surface area contributed by atoms with Gasteiger partial charge in [0.25, 0.3) is 0 Å². The van der Waals surface area contributed by atoms with Gasteiger partial charge in [-0.25, -0.2) is 9.48 Å². The van der Waals surface area contributed by atoms with Crippen LogP contribution in [0.3, 0.4) is 0 Å². The Balaban J connectivity index is 1.92. The summed E-state index contributed by atoms with van der Waals surface area (Å²) in [7, 11) is 0. The standard InChI is InChI=1S/C16H16N6O2/c17-13(23)10-21-15-12(14-18-7-4-8-20(14)16(21)24)9-19-22(15)11-5-2-1-3-6-11/h1-3,5-6,9H,4,7-8,10H2,(H2,17,23). The van der Waals surface area contributed by atoms with Crippen molar-refractivity contribution < 1.29 is 9.59 Å². The van der Waals surface area contributed by atoms with Crippen LogP contribution in [-0.4, -0.2) is 52.1 Å². The minimum Gasteiger partial charge on any atom is -0.368 e. The van der Waals surface area contributed by atoms with E-state index >= 15 is 0 Å². The van der Waals surface area contributed by atoms with Crippen molar-refractivity contribution in [3.8, 4) is 5.69 Å². The normalized spacial score (nSPS) is 16.5. The van der Waals surface area contributed by atoms with E-state index in [0.29, 0.717) is 24.7 Å². The van der Waals surface area contributed by atoms with E-state index in [1.807, 2.05) is 30.3 Å². The molecule has 8 heteroatoms. The van der Waals surface area contributed by atoms with Crippen molar-refractivity contribution in [1.82, 2.24) is 14.7 Å². The molecule has 2 N–H and O–H groups in total. The fourth-order valence-corrected chi connectivity index (χ4v) is 3.07. The number of amides is 3. The molecule has 2 aliphatic rings. The van der Waals surface area contributed by atoms with Crippen LogP contribution in [0.25, 0.3) is 5.69 Å². The summed E-state index contributed by atoms with van der Waals surface area (Å²) >= 11 is 0. The van der Waals surface area contributed by atoms with E-state index in [9.17, 15) is 9.59 Å². The van der Waals surface area contributed by atoms with Crippen LogP contribution in [0.1, 0.15) is 12.0 Å². The van der Waals surface area contributed by atoms with Gasteiger partial charge in [-0.1, -0.05) is 18.2 Å². The van der Waals surface area contributed by atoms with Gasteiger partial charge >= 0.3 is 6.03 Å². The second-order valence-electron chi connectivity index (χ2n) is 5.67. The number of carbonyl (C=O) groups is 2. The minimum atomic E-state index is -0.576. The Labute approximate surface area is 138 Å². The number of nitrogens with two attached hydrogens (primary N) is 1. The first kappa shape index (κ1) is 14.4. The zero-order valence-electron chi connectivity index (χ0n) is 12.9. The Morgan fingerprint density at radius 2 is 2.04 bits per heavy atom. The van der Waals surface area contributed by atoms with Crippen LogP contribution >= 0.6 is 0 Å². The maximum absolute atomic E-state index is 12.9. The third kappa shape index (κ3) is 2.15. The number of anilines is 1. The molecule has 0 atom stereocenters. The molecule has 0 saturated heterocycles. The molecule has 1 aromatic heterocycles. The number of benzene rings is 1. The maximum Gasteiger partial charge on any atom is 0.331 e. The highest BCUT2D eigenvalue weighted by Crippen LogP contribution is 2.32. The molecule has 24 heavy (non-hydrogen) atoms. The number of urea groups is 1. The number of para-hydroxylation sites is 1. The van der Waals surface area contributed by atoms with E-state index in [1.54, 1.807) is 15.8 Å². The molecule has 0 spiro atoms. The number of hydrogen-bond donors (Lipinski definition) is 1. The maximum atomic E-state index is 12.9. The molecule has 2 aromatic rings. The van der Waals surface area contributed by atoms with Gasteiger partial charge in [0.15, 0.2) is 5.82 Å². The zero-order chi connectivity index (χ0) is 16.7. The average Bonchev–Trinajstić information content (AvgIpc) is 3.04. The Morgan fingerprint density at radius 1 is 1.25 bits per heavy atom. The van der Waals surface area contributed by atoms with Crippen LogP contribution in [0, 0.1) is 0 Å². The average molecular weight is 324 g/mol. The highest BCUT2D eigenvalue weighted by molar-refractivity contribution is 6.19. The third-order valence-electron chi connectivity index (χ3n) is 4.07. The van der Waals surface area contributed by atoms with Gasteiger partial charge in [0.1, 0.15) is 12.4 Å². The van der Waals surface area contributed by atoms with Gasteiger partial charge in [0, 0.05) is 13.1 Å². The number of rotatable bonds is 3. The summed E-state index contributed by atoms with van der Waals surface area (Å²) in [5.41, 5.74) is 6.89. The van der Waals surface area contributed by atoms with E-state index in [1.165, 1.54) is 4.90 Å². The first-order chi connectivity index (χ1) is 11.7. The molecule has 0 unspecified atom stereocenters. The predicted molar refractivity (Wildman–Crippen MR) is 88.2 cm³/mol. The Kier molecular flexibility index (Phi) is 3.30. The molecule has 4 rings (SSSR count). The van der Waals surface area contributed by atoms with Gasteiger partial charge in [0.2, 0.25) is 5.91 Å². The molecule has 0 aliphatic carbocycles. The van der Waals surface area contributed by atoms with Gasteiger partial charge in [-0.2, -0.15) is 5.10 Å². The summed E-state index contributed by atoms with van der Waals surface area (Å²) in [4.78, 5) is 31.8. The minimum absolute atomic E-state index is 0.200. The van der Waals surface area contributed by atoms with Gasteiger partial charge in [-0.15, -0.1) is 0 Å². The molecule has 3 heterocycles. The van der Waals surface area contributed by atoms with E-state index in [-0.39, 0.29) is 12.6 Å². The largest absolute Gasteiger partial charge is 0.368 e. The van der Waals surface area contributed by atoms with Gasteiger partial charge < -0.3 is 5.73 Å². The van der Waals surface area contributed by atoms with E-state index in [2.05, 4.69) is 10.1 Å². The number of primary amides is 1. The van der Waals surface area contributed by atoms with Gasteiger partial charge in [0.05, 0.1) is 17.4 Å². The van der Waals surface area contributed by atoms with Crippen molar-refractivity contribution in [2.75, 3.05) is 24.5 Å². The Bertz CT molecular complexity index is 842. The van der Waals surface area contributed by atoms with E-state index in [4.69, 9.17) is 5.73 Å². The highest BCUT2D eigenvalue weighted by Gasteiger charge is 2.39. The number of aromatic nitrogens is 2. The fraction of sp³-hybridized carbons (Fsp3) is 0.250. The molecule has 3 amide bonds. The monoisotopic (exact) mass is 324 g/mol. The molecule has 8 nitrogen and oxygen atoms in total. The second-order valence-corrected chi connectivity index (χ2v) is 5.67. The lowest BCUT2D eigenvalue weighted by Gasteiger charge is -2.37. The van der Waals surface area contributed by atoms with Crippen molar-refractivity contribution >= 4 is 23.6 Å². The summed E-state index contributed by atoms with van der Waals surface area (Å²) in [6.07, 6.45) is 2.47. The summed E-state index contributed by atoms with van der Waals surface area (Å²) in [6, 6.07) is 9.15. The van der Waals surface area contributed by atoms with Crippen molar-refractivity contribution in [2.45, 2.75) is 6.42 Å². The molecular formula is C16H16N6O2.